The average molecular weight is 445 g/mol. The molecule has 0 fully saturated rings. The molecule has 158 valence electrons. The molecule has 1 aliphatic rings. The van der Waals surface area contributed by atoms with Gasteiger partial charge in [-0.1, -0.05) is 29.8 Å². The smallest absolute Gasteiger partial charge is 0.227 e. The third-order valence-electron chi connectivity index (χ3n) is 5.24. The number of aromatic nitrogens is 2. The summed E-state index contributed by atoms with van der Waals surface area (Å²) in [6, 6.07) is 19.6. The van der Waals surface area contributed by atoms with Crippen molar-refractivity contribution in [3.8, 4) is 17.0 Å². The van der Waals surface area contributed by atoms with E-state index in [1.54, 1.807) is 43.6 Å². The minimum absolute atomic E-state index is 0.327. The molecule has 7 heteroatoms. The number of anilines is 2. The number of nitrogens with zero attached hydrogens (tertiary/aromatic N) is 3. The number of methoxy groups -OCH3 is 1. The Morgan fingerprint density at radius 1 is 0.969 bits per heavy atom. The average Bonchev–Trinajstić information content (AvgIpc) is 2.96. The fraction of sp³-hybridized carbons (Fsp3) is 0.0800. The van der Waals surface area contributed by atoms with Gasteiger partial charge < -0.3 is 10.1 Å². The van der Waals surface area contributed by atoms with E-state index in [0.717, 1.165) is 33.8 Å². The third-order valence-corrected chi connectivity index (χ3v) is 5.47. The summed E-state index contributed by atoms with van der Waals surface area (Å²) in [6.45, 7) is 0.327. The number of ether oxygens (including phenoxy) is 1. The van der Waals surface area contributed by atoms with Gasteiger partial charge in [-0.15, -0.1) is 0 Å². The van der Waals surface area contributed by atoms with Crippen LogP contribution in [0.3, 0.4) is 0 Å². The van der Waals surface area contributed by atoms with Gasteiger partial charge in [0.1, 0.15) is 11.6 Å². The van der Waals surface area contributed by atoms with Gasteiger partial charge in [-0.3, -0.25) is 4.99 Å². The first-order valence-corrected chi connectivity index (χ1v) is 10.4. The van der Waals surface area contributed by atoms with Crippen LogP contribution in [0.4, 0.5) is 16.0 Å². The molecule has 0 aliphatic carbocycles. The first kappa shape index (κ1) is 20.2. The molecule has 3 aromatic carbocycles. The zero-order valence-electron chi connectivity index (χ0n) is 17.1. The van der Waals surface area contributed by atoms with Crippen LogP contribution < -0.4 is 10.1 Å². The lowest BCUT2D eigenvalue weighted by molar-refractivity contribution is 0.415. The molecule has 0 spiro atoms. The van der Waals surface area contributed by atoms with Crippen molar-refractivity contribution in [2.45, 2.75) is 6.54 Å². The molecule has 1 aliphatic heterocycles. The Morgan fingerprint density at radius 2 is 1.78 bits per heavy atom. The Balaban J connectivity index is 1.59. The molecule has 32 heavy (non-hydrogen) atoms. The summed E-state index contributed by atoms with van der Waals surface area (Å²) in [5.41, 5.74) is 4.94. The Kier molecular flexibility index (Phi) is 5.29. The van der Waals surface area contributed by atoms with Gasteiger partial charge in [0.25, 0.3) is 0 Å². The number of rotatable bonds is 4. The number of halogens is 2. The van der Waals surface area contributed by atoms with E-state index in [0.29, 0.717) is 28.8 Å². The highest BCUT2D eigenvalue weighted by atomic mass is 35.5. The molecular formula is C25H18ClFN4O. The van der Waals surface area contributed by atoms with Crippen LogP contribution in [0.15, 0.2) is 77.9 Å². The van der Waals surface area contributed by atoms with E-state index in [4.69, 9.17) is 26.3 Å². The first-order valence-electron chi connectivity index (χ1n) is 9.99. The van der Waals surface area contributed by atoms with Crippen molar-refractivity contribution in [3.63, 3.8) is 0 Å². The number of fused-ring (bicyclic) bond motifs is 3. The first-order chi connectivity index (χ1) is 15.6. The van der Waals surface area contributed by atoms with Crippen molar-refractivity contribution < 1.29 is 9.13 Å². The minimum atomic E-state index is -0.337. The molecule has 0 saturated heterocycles. The lowest BCUT2D eigenvalue weighted by Crippen LogP contribution is -2.07. The predicted molar refractivity (Wildman–Crippen MR) is 124 cm³/mol. The SMILES string of the molecule is COc1ccc(Nc2ncc3c(n2)-c2ccc(Cl)cc2C(c2ccccc2F)=NC3)cc1. The Hall–Kier alpha value is -3.77. The second-order valence-corrected chi connectivity index (χ2v) is 7.69. The van der Waals surface area contributed by atoms with Crippen LogP contribution in [-0.4, -0.2) is 22.8 Å². The van der Waals surface area contributed by atoms with Crippen LogP contribution in [0.1, 0.15) is 16.7 Å². The monoisotopic (exact) mass is 444 g/mol. The fourth-order valence-corrected chi connectivity index (χ4v) is 3.84. The van der Waals surface area contributed by atoms with Crippen molar-refractivity contribution in [1.29, 1.82) is 0 Å². The molecule has 5 nitrogen and oxygen atoms in total. The molecule has 1 aromatic heterocycles. The summed E-state index contributed by atoms with van der Waals surface area (Å²) in [5, 5.41) is 3.76. The van der Waals surface area contributed by atoms with Gasteiger partial charge in [-0.05, 0) is 48.5 Å². The summed E-state index contributed by atoms with van der Waals surface area (Å²) >= 11 is 6.31. The van der Waals surface area contributed by atoms with E-state index in [9.17, 15) is 4.39 Å². The van der Waals surface area contributed by atoms with E-state index in [1.165, 1.54) is 6.07 Å². The zero-order valence-corrected chi connectivity index (χ0v) is 17.9. The second kappa shape index (κ2) is 8.40. The van der Waals surface area contributed by atoms with E-state index in [2.05, 4.69) is 10.3 Å². The van der Waals surface area contributed by atoms with Crippen molar-refractivity contribution in [1.82, 2.24) is 9.97 Å². The maximum absolute atomic E-state index is 14.6. The molecule has 0 unspecified atom stereocenters. The van der Waals surface area contributed by atoms with Crippen LogP contribution in [0.25, 0.3) is 11.3 Å². The maximum Gasteiger partial charge on any atom is 0.227 e. The van der Waals surface area contributed by atoms with E-state index >= 15 is 0 Å². The molecule has 0 radical (unpaired) electrons. The molecule has 4 aromatic rings. The molecule has 0 atom stereocenters. The minimum Gasteiger partial charge on any atom is -0.497 e. The van der Waals surface area contributed by atoms with Crippen molar-refractivity contribution in [2.75, 3.05) is 12.4 Å². The summed E-state index contributed by atoms with van der Waals surface area (Å²) in [5.74, 6) is 0.877. The van der Waals surface area contributed by atoms with Crippen LogP contribution in [0.5, 0.6) is 5.75 Å². The molecule has 0 amide bonds. The van der Waals surface area contributed by atoms with E-state index < -0.39 is 0 Å². The highest BCUT2D eigenvalue weighted by molar-refractivity contribution is 6.31. The van der Waals surface area contributed by atoms with Gasteiger partial charge in [0.05, 0.1) is 25.1 Å². The van der Waals surface area contributed by atoms with Gasteiger partial charge in [0.2, 0.25) is 5.95 Å². The molecule has 1 N–H and O–H groups in total. The summed E-state index contributed by atoms with van der Waals surface area (Å²) in [7, 11) is 1.62. The lowest BCUT2D eigenvalue weighted by Gasteiger charge is -2.13. The second-order valence-electron chi connectivity index (χ2n) is 7.26. The summed E-state index contributed by atoms with van der Waals surface area (Å²) in [4.78, 5) is 13.9. The number of benzene rings is 3. The fourth-order valence-electron chi connectivity index (χ4n) is 3.67. The van der Waals surface area contributed by atoms with Gasteiger partial charge >= 0.3 is 0 Å². The topological polar surface area (TPSA) is 59.4 Å². The lowest BCUT2D eigenvalue weighted by atomic mass is 9.95. The predicted octanol–water partition coefficient (Wildman–Crippen LogP) is 6.04. The Morgan fingerprint density at radius 3 is 2.56 bits per heavy atom. The summed E-state index contributed by atoms with van der Waals surface area (Å²) < 4.78 is 19.8. The normalized spacial score (nSPS) is 12.3. The van der Waals surface area contributed by atoms with Gasteiger partial charge in [-0.25, -0.2) is 14.4 Å². The standard InChI is InChI=1S/C25H18ClFN4O/c1-32-18-9-7-17(8-10-18)30-25-29-14-15-13-28-24(20-4-2-3-5-22(20)27)21-12-16(26)6-11-19(21)23(15)31-25/h2-12,14H,13H2,1H3,(H,29,30,31). The van der Waals surface area contributed by atoms with Crippen molar-refractivity contribution >= 4 is 28.9 Å². The molecule has 5 rings (SSSR count). The van der Waals surface area contributed by atoms with Crippen LogP contribution >= 0.6 is 11.6 Å². The molecular weight excluding hydrogens is 427 g/mol. The van der Waals surface area contributed by atoms with Crippen LogP contribution in [-0.2, 0) is 6.54 Å². The molecule has 0 bridgehead atoms. The van der Waals surface area contributed by atoms with Crippen molar-refractivity contribution in [2.24, 2.45) is 4.99 Å². The van der Waals surface area contributed by atoms with Crippen LogP contribution in [0.2, 0.25) is 5.02 Å². The quantitative estimate of drug-likeness (QED) is 0.417. The van der Waals surface area contributed by atoms with Gasteiger partial charge in [0, 0.05) is 39.2 Å². The third kappa shape index (κ3) is 3.81. The highest BCUT2D eigenvalue weighted by Crippen LogP contribution is 2.34. The van der Waals surface area contributed by atoms with Crippen LogP contribution in [0, 0.1) is 5.82 Å². The number of hydrogen-bond acceptors (Lipinski definition) is 5. The number of nitrogens with one attached hydrogen (secondary N) is 1. The molecule has 0 saturated carbocycles. The molecule has 2 heterocycles. The largest absolute Gasteiger partial charge is 0.497 e. The van der Waals surface area contributed by atoms with E-state index in [-0.39, 0.29) is 5.82 Å². The highest BCUT2D eigenvalue weighted by Gasteiger charge is 2.23. The van der Waals surface area contributed by atoms with Gasteiger partial charge in [0.15, 0.2) is 0 Å². The van der Waals surface area contributed by atoms with Crippen molar-refractivity contribution in [3.05, 3.63) is 100 Å². The number of aliphatic imine (C=N–C) groups is 1. The Labute approximate surface area is 189 Å². The number of hydrogen-bond donors (Lipinski definition) is 1. The summed E-state index contributed by atoms with van der Waals surface area (Å²) in [6.07, 6.45) is 1.75. The van der Waals surface area contributed by atoms with Gasteiger partial charge in [-0.2, -0.15) is 0 Å². The Bertz CT molecular complexity index is 1340. The maximum atomic E-state index is 14.6. The zero-order chi connectivity index (χ0) is 22.1. The van der Waals surface area contributed by atoms with E-state index in [1.807, 2.05) is 30.3 Å².